The van der Waals surface area contributed by atoms with Crippen LogP contribution in [0.3, 0.4) is 0 Å². The minimum atomic E-state index is -0.762. The van der Waals surface area contributed by atoms with Gasteiger partial charge in [-0.15, -0.1) is 0 Å². The molecule has 0 spiro atoms. The highest BCUT2D eigenvalue weighted by molar-refractivity contribution is 5.71. The number of hydrogen-bond acceptors (Lipinski definition) is 6. The lowest BCUT2D eigenvalue weighted by Crippen LogP contribution is -2.30. The average Bonchev–Trinajstić information content (AvgIpc) is 3.11. The normalized spacial score (nSPS) is 12.7. The van der Waals surface area contributed by atoms with Crippen LogP contribution in [0.2, 0.25) is 0 Å². The second kappa shape index (κ2) is 37.7. The minimum Gasteiger partial charge on any atom is -0.462 e. The van der Waals surface area contributed by atoms with Crippen LogP contribution in [-0.2, 0) is 28.6 Å². The van der Waals surface area contributed by atoms with E-state index in [4.69, 9.17) is 14.2 Å². The molecular weight excluding hydrogens is 648 g/mol. The third kappa shape index (κ3) is 38.1. The highest BCUT2D eigenvalue weighted by atomic mass is 16.6. The molecule has 0 bridgehead atoms. The molecule has 6 nitrogen and oxygen atoms in total. The van der Waals surface area contributed by atoms with Crippen molar-refractivity contribution in [3.05, 3.63) is 0 Å². The molecule has 0 amide bonds. The summed E-state index contributed by atoms with van der Waals surface area (Å²) in [6.45, 7) is 13.6. The first-order valence-corrected chi connectivity index (χ1v) is 22.6. The lowest BCUT2D eigenvalue weighted by atomic mass is 10.00. The van der Waals surface area contributed by atoms with Gasteiger partial charge in [0.25, 0.3) is 0 Å². The van der Waals surface area contributed by atoms with E-state index >= 15 is 0 Å². The molecule has 0 N–H and O–H groups in total. The summed E-state index contributed by atoms with van der Waals surface area (Å²) >= 11 is 0. The van der Waals surface area contributed by atoms with E-state index in [1.165, 1.54) is 122 Å². The average molecular weight is 737 g/mol. The van der Waals surface area contributed by atoms with Crippen molar-refractivity contribution in [1.29, 1.82) is 0 Å². The van der Waals surface area contributed by atoms with Crippen LogP contribution in [0.4, 0.5) is 0 Å². The molecule has 1 unspecified atom stereocenters. The Morgan fingerprint density at radius 1 is 0.385 bits per heavy atom. The van der Waals surface area contributed by atoms with Crippen molar-refractivity contribution < 1.29 is 28.6 Å². The molecule has 0 saturated heterocycles. The zero-order valence-corrected chi connectivity index (χ0v) is 35.6. The van der Waals surface area contributed by atoms with E-state index in [1.807, 2.05) is 0 Å². The predicted molar refractivity (Wildman–Crippen MR) is 219 cm³/mol. The van der Waals surface area contributed by atoms with Gasteiger partial charge in [0.2, 0.25) is 0 Å². The number of unbranched alkanes of at least 4 members (excludes halogenated alkanes) is 21. The van der Waals surface area contributed by atoms with Crippen molar-refractivity contribution in [2.24, 2.45) is 17.8 Å². The largest absolute Gasteiger partial charge is 0.462 e. The lowest BCUT2D eigenvalue weighted by Gasteiger charge is -2.18. The summed E-state index contributed by atoms with van der Waals surface area (Å²) in [5.41, 5.74) is 0. The van der Waals surface area contributed by atoms with Crippen LogP contribution in [0.1, 0.15) is 241 Å². The van der Waals surface area contributed by atoms with Crippen molar-refractivity contribution in [1.82, 2.24) is 0 Å². The van der Waals surface area contributed by atoms with Gasteiger partial charge in [-0.2, -0.15) is 0 Å². The van der Waals surface area contributed by atoms with Crippen LogP contribution in [0, 0.1) is 17.8 Å². The molecule has 0 heterocycles. The molecule has 0 saturated carbocycles. The molecule has 6 heteroatoms. The third-order valence-electron chi connectivity index (χ3n) is 10.5. The van der Waals surface area contributed by atoms with Gasteiger partial charge in [-0.25, -0.2) is 0 Å². The van der Waals surface area contributed by atoms with E-state index in [-0.39, 0.29) is 31.1 Å². The van der Waals surface area contributed by atoms with Crippen LogP contribution >= 0.6 is 0 Å². The number of ether oxygens (including phenoxy) is 3. The molecular formula is C46H88O6. The molecule has 0 fully saturated rings. The van der Waals surface area contributed by atoms with Crippen LogP contribution in [-0.4, -0.2) is 37.2 Å². The molecule has 308 valence electrons. The van der Waals surface area contributed by atoms with Gasteiger partial charge in [-0.05, 0) is 37.0 Å². The summed E-state index contributed by atoms with van der Waals surface area (Å²) in [5, 5.41) is 0. The van der Waals surface area contributed by atoms with E-state index in [0.29, 0.717) is 19.3 Å². The summed E-state index contributed by atoms with van der Waals surface area (Å²) in [7, 11) is 0. The van der Waals surface area contributed by atoms with Crippen molar-refractivity contribution in [2.45, 2.75) is 247 Å². The number of carbonyl (C=O) groups excluding carboxylic acids is 3. The van der Waals surface area contributed by atoms with Gasteiger partial charge < -0.3 is 14.2 Å². The second-order valence-corrected chi connectivity index (χ2v) is 16.9. The smallest absolute Gasteiger partial charge is 0.306 e. The molecule has 0 aliphatic rings. The Balaban J connectivity index is 4.35. The summed E-state index contributed by atoms with van der Waals surface area (Å²) in [4.78, 5) is 37.7. The minimum absolute atomic E-state index is 0.0670. The van der Waals surface area contributed by atoms with Gasteiger partial charge in [0, 0.05) is 19.3 Å². The van der Waals surface area contributed by atoms with Gasteiger partial charge in [-0.1, -0.05) is 202 Å². The van der Waals surface area contributed by atoms with Crippen molar-refractivity contribution >= 4 is 17.9 Å². The van der Waals surface area contributed by atoms with Crippen molar-refractivity contribution in [2.75, 3.05) is 13.2 Å². The van der Waals surface area contributed by atoms with E-state index in [0.717, 1.165) is 75.5 Å². The van der Waals surface area contributed by atoms with Crippen molar-refractivity contribution in [3.63, 3.8) is 0 Å². The van der Waals surface area contributed by atoms with E-state index < -0.39 is 6.10 Å². The van der Waals surface area contributed by atoms with E-state index in [2.05, 4.69) is 41.5 Å². The molecule has 2 atom stereocenters. The zero-order chi connectivity index (χ0) is 38.5. The standard InChI is InChI=1S/C46H88O6/c1-7-42(6)34-28-22-18-19-24-30-36-45(48)51-39-43(52-46(49)37-31-25-17-13-12-15-21-27-33-41(4)5)38-50-44(47)35-29-23-16-11-9-8-10-14-20-26-32-40(2)3/h40-43H,7-39H2,1-6H3/t42?,43-/m1/s1. The Hall–Kier alpha value is -1.59. The number of esters is 3. The molecule has 0 rings (SSSR count). The number of hydrogen-bond donors (Lipinski definition) is 0. The molecule has 0 aliphatic heterocycles. The summed E-state index contributed by atoms with van der Waals surface area (Å²) in [6, 6.07) is 0. The SMILES string of the molecule is CCC(C)CCCCCCCCC(=O)OC[C@@H](COC(=O)CCCCCCCCCCCCC(C)C)OC(=O)CCCCCCCCCCC(C)C. The molecule has 0 aliphatic carbocycles. The van der Waals surface area contributed by atoms with Gasteiger partial charge in [0.1, 0.15) is 13.2 Å². The highest BCUT2D eigenvalue weighted by Crippen LogP contribution is 2.17. The first-order valence-electron chi connectivity index (χ1n) is 22.6. The fraction of sp³-hybridized carbons (Fsp3) is 0.935. The third-order valence-corrected chi connectivity index (χ3v) is 10.5. The fourth-order valence-corrected chi connectivity index (χ4v) is 6.67. The zero-order valence-electron chi connectivity index (χ0n) is 35.6. The Morgan fingerprint density at radius 3 is 1.00 bits per heavy atom. The van der Waals surface area contributed by atoms with Gasteiger partial charge in [0.05, 0.1) is 0 Å². The number of rotatable bonds is 39. The Kier molecular flexibility index (Phi) is 36.6. The maximum absolute atomic E-state index is 12.7. The molecule has 0 radical (unpaired) electrons. The monoisotopic (exact) mass is 737 g/mol. The van der Waals surface area contributed by atoms with E-state index in [1.54, 1.807) is 0 Å². The topological polar surface area (TPSA) is 78.9 Å². The maximum atomic E-state index is 12.7. The molecule has 0 aromatic heterocycles. The van der Waals surface area contributed by atoms with Crippen molar-refractivity contribution in [3.8, 4) is 0 Å². The number of carbonyl (C=O) groups is 3. The Morgan fingerprint density at radius 2 is 0.673 bits per heavy atom. The molecule has 0 aromatic carbocycles. The first kappa shape index (κ1) is 50.4. The van der Waals surface area contributed by atoms with E-state index in [9.17, 15) is 14.4 Å². The predicted octanol–water partition coefficient (Wildman–Crippen LogP) is 14.0. The lowest BCUT2D eigenvalue weighted by molar-refractivity contribution is -0.167. The van der Waals surface area contributed by atoms with Crippen LogP contribution in [0.15, 0.2) is 0 Å². The second-order valence-electron chi connectivity index (χ2n) is 16.9. The maximum Gasteiger partial charge on any atom is 0.306 e. The molecule has 0 aromatic rings. The summed E-state index contributed by atoms with van der Waals surface area (Å²) in [5.74, 6) is 1.56. The Bertz CT molecular complexity index is 809. The fourth-order valence-electron chi connectivity index (χ4n) is 6.67. The van der Waals surface area contributed by atoms with Crippen LogP contribution in [0.5, 0.6) is 0 Å². The summed E-state index contributed by atoms with van der Waals surface area (Å²) in [6.07, 6.45) is 33.8. The van der Waals surface area contributed by atoms with Crippen LogP contribution < -0.4 is 0 Å². The molecule has 52 heavy (non-hydrogen) atoms. The van der Waals surface area contributed by atoms with Crippen LogP contribution in [0.25, 0.3) is 0 Å². The van der Waals surface area contributed by atoms with Gasteiger partial charge >= 0.3 is 17.9 Å². The first-order chi connectivity index (χ1) is 25.1. The van der Waals surface area contributed by atoms with Gasteiger partial charge in [-0.3, -0.25) is 14.4 Å². The highest BCUT2D eigenvalue weighted by Gasteiger charge is 2.19. The quantitative estimate of drug-likeness (QED) is 0.0355. The summed E-state index contributed by atoms with van der Waals surface area (Å²) < 4.78 is 16.7. The van der Waals surface area contributed by atoms with Gasteiger partial charge in [0.15, 0.2) is 6.10 Å². The Labute approximate surface area is 323 Å².